The first kappa shape index (κ1) is 12.9. The molecule has 4 heteroatoms. The van der Waals surface area contributed by atoms with Gasteiger partial charge in [-0.05, 0) is 19.9 Å². The van der Waals surface area contributed by atoms with Crippen LogP contribution in [0.4, 0.5) is 0 Å². The minimum absolute atomic E-state index is 0.423. The lowest BCUT2D eigenvalue weighted by molar-refractivity contribution is -0.201. The van der Waals surface area contributed by atoms with Gasteiger partial charge in [0.15, 0.2) is 0 Å². The summed E-state index contributed by atoms with van der Waals surface area (Å²) in [6, 6.07) is 7.00. The quantitative estimate of drug-likeness (QED) is 0.801. The summed E-state index contributed by atoms with van der Waals surface area (Å²) in [5.74, 6) is -0.658. The largest absolute Gasteiger partial charge is 0.478 e. The number of carbonyl (C=O) groups is 1. The number of carboxylic acid groups (broad SMARTS) is 1. The van der Waals surface area contributed by atoms with E-state index in [1.807, 2.05) is 0 Å². The monoisotopic (exact) mass is 250 g/mol. The summed E-state index contributed by atoms with van der Waals surface area (Å²) >= 11 is 0. The summed E-state index contributed by atoms with van der Waals surface area (Å²) in [5, 5.41) is 20.3. The molecule has 0 fully saturated rings. The molecule has 0 aliphatic carbocycles. The molecule has 18 heavy (non-hydrogen) atoms. The molecule has 1 aliphatic heterocycles. The third-order valence-corrected chi connectivity index (χ3v) is 4.54. The molecule has 1 aromatic rings. The second-order valence-corrected chi connectivity index (χ2v) is 5.63. The highest BCUT2D eigenvalue weighted by atomic mass is 16.5. The van der Waals surface area contributed by atoms with Crippen LogP contribution in [0.3, 0.4) is 0 Å². The molecule has 1 aliphatic rings. The van der Waals surface area contributed by atoms with Crippen molar-refractivity contribution < 1.29 is 19.7 Å². The molecule has 2 N–H and O–H groups in total. The molecule has 2 atom stereocenters. The van der Waals surface area contributed by atoms with Gasteiger partial charge in [-0.15, -0.1) is 0 Å². The first-order valence-corrected chi connectivity index (χ1v) is 5.89. The zero-order valence-electron chi connectivity index (χ0n) is 11.0. The molecule has 1 unspecified atom stereocenters. The van der Waals surface area contributed by atoms with Gasteiger partial charge in [0.1, 0.15) is 5.75 Å². The smallest absolute Gasteiger partial charge is 0.348 e. The number of hydrogen-bond acceptors (Lipinski definition) is 3. The predicted octanol–water partition coefficient (Wildman–Crippen LogP) is 2.16. The van der Waals surface area contributed by atoms with Crippen molar-refractivity contribution in [3.8, 4) is 5.75 Å². The van der Waals surface area contributed by atoms with E-state index in [-0.39, 0.29) is 0 Å². The van der Waals surface area contributed by atoms with Crippen molar-refractivity contribution in [1.29, 1.82) is 0 Å². The summed E-state index contributed by atoms with van der Waals surface area (Å²) in [6.45, 7) is 6.55. The lowest BCUT2D eigenvalue weighted by atomic mass is 9.60. The number of fused-ring (bicyclic) bond motifs is 1. The fourth-order valence-electron chi connectivity index (χ4n) is 2.42. The highest BCUT2D eigenvalue weighted by Gasteiger charge is 2.62. The van der Waals surface area contributed by atoms with Crippen molar-refractivity contribution in [1.82, 2.24) is 0 Å². The maximum absolute atomic E-state index is 11.6. The molecule has 1 heterocycles. The molecule has 0 saturated carbocycles. The fourth-order valence-corrected chi connectivity index (χ4v) is 2.42. The van der Waals surface area contributed by atoms with Gasteiger partial charge in [0.25, 0.3) is 0 Å². The third kappa shape index (κ3) is 1.32. The Morgan fingerprint density at radius 1 is 1.17 bits per heavy atom. The molecule has 0 bridgehead atoms. The molecule has 0 aromatic heterocycles. The zero-order chi connectivity index (χ0) is 13.8. The van der Waals surface area contributed by atoms with E-state index in [1.165, 1.54) is 6.92 Å². The van der Waals surface area contributed by atoms with E-state index in [1.54, 1.807) is 45.0 Å². The molecule has 98 valence electrons. The maximum atomic E-state index is 11.6. The van der Waals surface area contributed by atoms with E-state index in [4.69, 9.17) is 4.74 Å². The predicted molar refractivity (Wildman–Crippen MR) is 66.5 cm³/mol. The first-order chi connectivity index (χ1) is 8.14. The van der Waals surface area contributed by atoms with Crippen LogP contribution in [0.2, 0.25) is 0 Å². The van der Waals surface area contributed by atoms with Gasteiger partial charge in [-0.3, -0.25) is 0 Å². The van der Waals surface area contributed by atoms with E-state index < -0.39 is 22.6 Å². The van der Waals surface area contributed by atoms with Crippen molar-refractivity contribution in [3.63, 3.8) is 0 Å². The Morgan fingerprint density at radius 2 is 1.72 bits per heavy atom. The van der Waals surface area contributed by atoms with Crippen LogP contribution in [0.15, 0.2) is 24.3 Å². The summed E-state index contributed by atoms with van der Waals surface area (Å²) in [6.07, 6.45) is 0. The first-order valence-electron chi connectivity index (χ1n) is 5.89. The highest BCUT2D eigenvalue weighted by molar-refractivity contribution is 5.80. The minimum Gasteiger partial charge on any atom is -0.478 e. The number of benzene rings is 1. The normalized spacial score (nSPS) is 33.4. The molecule has 0 saturated heterocycles. The van der Waals surface area contributed by atoms with Crippen LogP contribution in [-0.2, 0) is 10.4 Å². The van der Waals surface area contributed by atoms with E-state index in [9.17, 15) is 15.0 Å². The van der Waals surface area contributed by atoms with Gasteiger partial charge < -0.3 is 14.9 Å². The summed E-state index contributed by atoms with van der Waals surface area (Å²) in [5.41, 5.74) is -3.12. The van der Waals surface area contributed by atoms with Crippen molar-refractivity contribution >= 4 is 5.97 Å². The van der Waals surface area contributed by atoms with Crippen LogP contribution in [-0.4, -0.2) is 21.8 Å². The Balaban J connectivity index is 2.72. The second kappa shape index (κ2) is 3.48. The lowest BCUT2D eigenvalue weighted by Crippen LogP contribution is -2.64. The van der Waals surface area contributed by atoms with Crippen molar-refractivity contribution in [2.45, 2.75) is 38.9 Å². The molecular formula is C14H18O4. The Labute approximate surface area is 106 Å². The Hall–Kier alpha value is -1.55. The van der Waals surface area contributed by atoms with E-state index in [0.29, 0.717) is 11.3 Å². The van der Waals surface area contributed by atoms with Gasteiger partial charge in [0, 0.05) is 11.0 Å². The van der Waals surface area contributed by atoms with Crippen LogP contribution in [0.5, 0.6) is 5.75 Å². The number of aliphatic carboxylic acids is 1. The van der Waals surface area contributed by atoms with Gasteiger partial charge in [-0.1, -0.05) is 32.0 Å². The van der Waals surface area contributed by atoms with Crippen molar-refractivity contribution in [3.05, 3.63) is 29.8 Å². The number of ether oxygens (including phenoxy) is 1. The van der Waals surface area contributed by atoms with Crippen LogP contribution < -0.4 is 4.74 Å². The molecule has 0 radical (unpaired) electrons. The van der Waals surface area contributed by atoms with Crippen LogP contribution in [0, 0.1) is 5.41 Å². The average Bonchev–Trinajstić information content (AvgIpc) is 2.27. The average molecular weight is 250 g/mol. The summed E-state index contributed by atoms with van der Waals surface area (Å²) in [4.78, 5) is 11.6. The number of aliphatic hydroxyl groups is 1. The van der Waals surface area contributed by atoms with Crippen LogP contribution >= 0.6 is 0 Å². The van der Waals surface area contributed by atoms with Gasteiger partial charge in [0.05, 0.1) is 5.60 Å². The van der Waals surface area contributed by atoms with Crippen LogP contribution in [0.1, 0.15) is 33.3 Å². The zero-order valence-corrected chi connectivity index (χ0v) is 11.0. The molecular weight excluding hydrogens is 232 g/mol. The molecule has 4 nitrogen and oxygen atoms in total. The molecule has 1 aromatic carbocycles. The van der Waals surface area contributed by atoms with E-state index in [0.717, 1.165) is 0 Å². The number of carboxylic acids is 1. The number of para-hydroxylation sites is 1. The summed E-state index contributed by atoms with van der Waals surface area (Å²) in [7, 11) is 0. The fraction of sp³-hybridized carbons (Fsp3) is 0.500. The third-order valence-electron chi connectivity index (χ3n) is 4.54. The standard InChI is InChI=1S/C14H18O4/c1-12(2)13(3,17)9-7-5-6-8-10(9)18-14(12,4)11(15)16/h5-8,17H,1-4H3,(H,15,16)/t13?,14-/m1/s1. The SMILES string of the molecule is CC1(O)c2ccccc2O[C@](C)(C(=O)O)C1(C)C. The number of hydrogen-bond donors (Lipinski definition) is 2. The maximum Gasteiger partial charge on any atom is 0.348 e. The van der Waals surface area contributed by atoms with Gasteiger partial charge in [-0.2, -0.15) is 0 Å². The van der Waals surface area contributed by atoms with Crippen molar-refractivity contribution in [2.24, 2.45) is 5.41 Å². The van der Waals surface area contributed by atoms with Crippen LogP contribution in [0.25, 0.3) is 0 Å². The Kier molecular flexibility index (Phi) is 2.49. The Morgan fingerprint density at radius 3 is 2.28 bits per heavy atom. The van der Waals surface area contributed by atoms with Gasteiger partial charge in [0.2, 0.25) is 5.60 Å². The highest BCUT2D eigenvalue weighted by Crippen LogP contribution is 2.54. The second-order valence-electron chi connectivity index (χ2n) is 5.63. The Bertz CT molecular complexity index is 504. The topological polar surface area (TPSA) is 66.8 Å². The minimum atomic E-state index is -1.48. The van der Waals surface area contributed by atoms with Gasteiger partial charge in [-0.25, -0.2) is 4.79 Å². The molecule has 2 rings (SSSR count). The molecule has 0 amide bonds. The van der Waals surface area contributed by atoms with E-state index >= 15 is 0 Å². The van der Waals surface area contributed by atoms with E-state index in [2.05, 4.69) is 0 Å². The van der Waals surface area contributed by atoms with Gasteiger partial charge >= 0.3 is 5.97 Å². The lowest BCUT2D eigenvalue weighted by Gasteiger charge is -2.53. The summed E-state index contributed by atoms with van der Waals surface area (Å²) < 4.78 is 5.67. The molecule has 0 spiro atoms. The van der Waals surface area contributed by atoms with Crippen molar-refractivity contribution in [2.75, 3.05) is 0 Å². The number of rotatable bonds is 1.